The number of amides is 2. The highest BCUT2D eigenvalue weighted by atomic mass is 16.5. The zero-order valence-corrected chi connectivity index (χ0v) is 17.0. The predicted molar refractivity (Wildman–Crippen MR) is 113 cm³/mol. The lowest BCUT2D eigenvalue weighted by atomic mass is 10.0. The van der Waals surface area contributed by atoms with Gasteiger partial charge in [-0.3, -0.25) is 9.59 Å². The van der Waals surface area contributed by atoms with Crippen LogP contribution in [0.1, 0.15) is 38.2 Å². The number of carbonyl (C=O) groups excluding carboxylic acids is 2. The summed E-state index contributed by atoms with van der Waals surface area (Å²) in [6.07, 6.45) is 1.45. The van der Waals surface area contributed by atoms with Gasteiger partial charge in [-0.25, -0.2) is 0 Å². The molecular formula is C23H28N2O4. The van der Waals surface area contributed by atoms with E-state index >= 15 is 0 Å². The molecule has 0 spiro atoms. The van der Waals surface area contributed by atoms with Gasteiger partial charge in [0.15, 0.2) is 6.61 Å². The highest BCUT2D eigenvalue weighted by Crippen LogP contribution is 2.25. The Labute approximate surface area is 171 Å². The van der Waals surface area contributed by atoms with E-state index in [1.54, 1.807) is 17.0 Å². The molecule has 1 N–H and O–H groups in total. The molecule has 2 aromatic carbocycles. The van der Waals surface area contributed by atoms with Gasteiger partial charge in [-0.1, -0.05) is 32.0 Å². The Balaban J connectivity index is 1.37. The molecule has 154 valence electrons. The average molecular weight is 396 g/mol. The smallest absolute Gasteiger partial charge is 0.258 e. The summed E-state index contributed by atoms with van der Waals surface area (Å²) in [5.41, 5.74) is 2.07. The molecule has 2 aromatic rings. The summed E-state index contributed by atoms with van der Waals surface area (Å²) in [6, 6.07) is 15.3. The molecule has 0 atom stereocenters. The van der Waals surface area contributed by atoms with Crippen LogP contribution in [0, 0.1) is 0 Å². The third-order valence-electron chi connectivity index (χ3n) is 4.81. The zero-order chi connectivity index (χ0) is 20.6. The van der Waals surface area contributed by atoms with Gasteiger partial charge in [0.1, 0.15) is 18.1 Å². The van der Waals surface area contributed by atoms with Gasteiger partial charge < -0.3 is 19.7 Å². The number of ether oxygens (including phenoxy) is 2. The first-order chi connectivity index (χ1) is 14.0. The zero-order valence-electron chi connectivity index (χ0n) is 17.0. The Bertz CT molecular complexity index is 833. The van der Waals surface area contributed by atoms with Crippen molar-refractivity contribution in [2.24, 2.45) is 0 Å². The number of hydrogen-bond acceptors (Lipinski definition) is 4. The van der Waals surface area contributed by atoms with Crippen molar-refractivity contribution in [3.8, 4) is 11.5 Å². The molecule has 1 fully saturated rings. The number of rotatable bonds is 9. The first-order valence-corrected chi connectivity index (χ1v) is 10.1. The lowest BCUT2D eigenvalue weighted by Crippen LogP contribution is -2.32. The highest BCUT2D eigenvalue weighted by Gasteiger charge is 2.21. The first kappa shape index (κ1) is 20.7. The summed E-state index contributed by atoms with van der Waals surface area (Å²) >= 11 is 0. The van der Waals surface area contributed by atoms with Crippen LogP contribution in [0.2, 0.25) is 0 Å². The Morgan fingerprint density at radius 3 is 2.59 bits per heavy atom. The van der Waals surface area contributed by atoms with Gasteiger partial charge in [0, 0.05) is 24.7 Å². The van der Waals surface area contributed by atoms with E-state index < -0.39 is 0 Å². The molecule has 0 bridgehead atoms. The van der Waals surface area contributed by atoms with Crippen LogP contribution in [0.3, 0.4) is 0 Å². The minimum atomic E-state index is -0.216. The maximum Gasteiger partial charge on any atom is 0.258 e. The van der Waals surface area contributed by atoms with Crippen LogP contribution >= 0.6 is 0 Å². The number of anilines is 1. The van der Waals surface area contributed by atoms with Crippen molar-refractivity contribution in [3.63, 3.8) is 0 Å². The Morgan fingerprint density at radius 1 is 1.10 bits per heavy atom. The van der Waals surface area contributed by atoms with E-state index in [9.17, 15) is 9.59 Å². The van der Waals surface area contributed by atoms with E-state index in [1.807, 2.05) is 24.3 Å². The van der Waals surface area contributed by atoms with Gasteiger partial charge in [-0.05, 0) is 42.2 Å². The largest absolute Gasteiger partial charge is 0.492 e. The van der Waals surface area contributed by atoms with Crippen LogP contribution in [0.5, 0.6) is 11.5 Å². The molecule has 6 heteroatoms. The molecule has 1 heterocycles. The summed E-state index contributed by atoms with van der Waals surface area (Å²) in [7, 11) is 0. The normalized spacial score (nSPS) is 13.6. The third-order valence-corrected chi connectivity index (χ3v) is 4.81. The van der Waals surface area contributed by atoms with E-state index in [1.165, 1.54) is 5.56 Å². The third kappa shape index (κ3) is 5.98. The molecule has 0 saturated carbocycles. The molecule has 1 saturated heterocycles. The van der Waals surface area contributed by atoms with E-state index in [-0.39, 0.29) is 18.4 Å². The van der Waals surface area contributed by atoms with Crippen molar-refractivity contribution in [1.29, 1.82) is 0 Å². The fourth-order valence-electron chi connectivity index (χ4n) is 3.17. The topological polar surface area (TPSA) is 67.9 Å². The van der Waals surface area contributed by atoms with Crippen molar-refractivity contribution in [1.82, 2.24) is 5.32 Å². The maximum absolute atomic E-state index is 12.0. The van der Waals surface area contributed by atoms with E-state index in [0.717, 1.165) is 24.4 Å². The molecular weight excluding hydrogens is 368 g/mol. The standard InChI is InChI=1S/C23H28N2O4/c1-17(2)18-8-10-20(11-9-18)28-14-12-24-22(26)16-29-21-6-3-5-19(15-21)25-13-4-7-23(25)27/h3,5-6,8-11,15,17H,4,7,12-14,16H2,1-2H3,(H,24,26). The molecule has 2 amide bonds. The Kier molecular flexibility index (Phi) is 7.11. The summed E-state index contributed by atoms with van der Waals surface area (Å²) in [4.78, 5) is 25.6. The van der Waals surface area contributed by atoms with Crippen molar-refractivity contribution in [3.05, 3.63) is 54.1 Å². The molecule has 0 aliphatic carbocycles. The second-order valence-electron chi connectivity index (χ2n) is 7.36. The molecule has 3 rings (SSSR count). The fraction of sp³-hybridized carbons (Fsp3) is 0.391. The Hall–Kier alpha value is -3.02. The van der Waals surface area contributed by atoms with Crippen LogP contribution in [-0.4, -0.2) is 38.1 Å². The molecule has 0 unspecified atom stereocenters. The quantitative estimate of drug-likeness (QED) is 0.659. The van der Waals surface area contributed by atoms with Crippen LogP contribution in [0.25, 0.3) is 0 Å². The second kappa shape index (κ2) is 9.96. The van der Waals surface area contributed by atoms with E-state index in [2.05, 4.69) is 31.3 Å². The van der Waals surface area contributed by atoms with Crippen molar-refractivity contribution in [2.75, 3.05) is 31.2 Å². The minimum Gasteiger partial charge on any atom is -0.492 e. The molecule has 29 heavy (non-hydrogen) atoms. The summed E-state index contributed by atoms with van der Waals surface area (Å²) < 4.78 is 11.2. The first-order valence-electron chi connectivity index (χ1n) is 10.1. The Morgan fingerprint density at radius 2 is 1.90 bits per heavy atom. The van der Waals surface area contributed by atoms with Crippen LogP contribution in [-0.2, 0) is 9.59 Å². The number of hydrogen-bond donors (Lipinski definition) is 1. The number of carbonyl (C=O) groups is 2. The van der Waals surface area contributed by atoms with Crippen LogP contribution in [0.15, 0.2) is 48.5 Å². The second-order valence-corrected chi connectivity index (χ2v) is 7.36. The lowest BCUT2D eigenvalue weighted by molar-refractivity contribution is -0.123. The molecule has 6 nitrogen and oxygen atoms in total. The van der Waals surface area contributed by atoms with Gasteiger partial charge in [0.05, 0.1) is 6.54 Å². The molecule has 1 aliphatic heterocycles. The number of benzene rings is 2. The summed E-state index contributed by atoms with van der Waals surface area (Å²) in [5, 5.41) is 2.78. The van der Waals surface area contributed by atoms with Gasteiger partial charge >= 0.3 is 0 Å². The van der Waals surface area contributed by atoms with Gasteiger partial charge in [0.2, 0.25) is 5.91 Å². The summed E-state index contributed by atoms with van der Waals surface area (Å²) in [6.45, 7) is 5.73. The summed E-state index contributed by atoms with van der Waals surface area (Å²) in [5.74, 6) is 1.75. The van der Waals surface area contributed by atoms with Crippen molar-refractivity contribution >= 4 is 17.5 Å². The van der Waals surface area contributed by atoms with Crippen LogP contribution < -0.4 is 19.7 Å². The molecule has 0 radical (unpaired) electrons. The van der Waals surface area contributed by atoms with Crippen LogP contribution in [0.4, 0.5) is 5.69 Å². The molecule has 0 aromatic heterocycles. The number of nitrogens with zero attached hydrogens (tertiary/aromatic N) is 1. The average Bonchev–Trinajstić information content (AvgIpc) is 3.16. The SMILES string of the molecule is CC(C)c1ccc(OCCNC(=O)COc2cccc(N3CCCC3=O)c2)cc1. The molecule has 1 aliphatic rings. The fourth-order valence-corrected chi connectivity index (χ4v) is 3.17. The monoisotopic (exact) mass is 396 g/mol. The van der Waals surface area contributed by atoms with Gasteiger partial charge in [0.25, 0.3) is 5.91 Å². The lowest BCUT2D eigenvalue weighted by Gasteiger charge is -2.16. The number of nitrogens with one attached hydrogen (secondary N) is 1. The van der Waals surface area contributed by atoms with Crippen molar-refractivity contribution in [2.45, 2.75) is 32.6 Å². The van der Waals surface area contributed by atoms with Gasteiger partial charge in [-0.15, -0.1) is 0 Å². The van der Waals surface area contributed by atoms with Gasteiger partial charge in [-0.2, -0.15) is 0 Å². The maximum atomic E-state index is 12.0. The van der Waals surface area contributed by atoms with E-state index in [0.29, 0.717) is 31.2 Å². The van der Waals surface area contributed by atoms with Crippen molar-refractivity contribution < 1.29 is 19.1 Å². The highest BCUT2D eigenvalue weighted by molar-refractivity contribution is 5.95. The minimum absolute atomic E-state index is 0.0829. The van der Waals surface area contributed by atoms with E-state index in [4.69, 9.17) is 9.47 Å². The predicted octanol–water partition coefficient (Wildman–Crippen LogP) is 3.51.